The Morgan fingerprint density at radius 3 is 3.05 bits per heavy atom. The third-order valence-electron chi connectivity index (χ3n) is 3.91. The van der Waals surface area contributed by atoms with Crippen molar-refractivity contribution in [3.63, 3.8) is 0 Å². The summed E-state index contributed by atoms with van der Waals surface area (Å²) in [5.41, 5.74) is 1.49. The molecule has 2 N–H and O–H groups in total. The molecule has 5 nitrogen and oxygen atoms in total. The van der Waals surface area contributed by atoms with Crippen LogP contribution in [0.15, 0.2) is 16.6 Å². The van der Waals surface area contributed by atoms with Crippen molar-refractivity contribution in [2.24, 2.45) is 10.9 Å². The van der Waals surface area contributed by atoms with Crippen LogP contribution in [0, 0.1) is 5.92 Å². The second kappa shape index (κ2) is 10.6. The standard InChI is InChI=1S/C17H31N3O2/c1-2-18-17(19-9-3-11-22-14-16-4-5-16)20-10-6-15-7-12-21-13-8-15/h7,16H,2-6,8-14H2,1H3,(H2,18,19,20). The fourth-order valence-corrected chi connectivity index (χ4v) is 2.37. The maximum Gasteiger partial charge on any atom is 0.191 e. The van der Waals surface area contributed by atoms with E-state index in [1.807, 2.05) is 0 Å². The number of rotatable bonds is 10. The summed E-state index contributed by atoms with van der Waals surface area (Å²) in [5.74, 6) is 1.76. The lowest BCUT2D eigenvalue weighted by molar-refractivity contribution is 0.123. The van der Waals surface area contributed by atoms with Crippen molar-refractivity contribution in [3.05, 3.63) is 11.6 Å². The van der Waals surface area contributed by atoms with Gasteiger partial charge in [0, 0.05) is 32.8 Å². The monoisotopic (exact) mass is 309 g/mol. The van der Waals surface area contributed by atoms with Gasteiger partial charge in [-0.2, -0.15) is 0 Å². The number of nitrogens with one attached hydrogen (secondary N) is 2. The van der Waals surface area contributed by atoms with Gasteiger partial charge in [0.1, 0.15) is 0 Å². The summed E-state index contributed by atoms with van der Waals surface area (Å²) in [5, 5.41) is 6.70. The first-order valence-electron chi connectivity index (χ1n) is 8.74. The van der Waals surface area contributed by atoms with Crippen molar-refractivity contribution in [2.75, 3.05) is 46.1 Å². The van der Waals surface area contributed by atoms with E-state index >= 15 is 0 Å². The number of aliphatic imine (C=N–C) groups is 1. The smallest absolute Gasteiger partial charge is 0.191 e. The molecule has 1 aliphatic carbocycles. The molecule has 0 radical (unpaired) electrons. The number of hydrogen-bond donors (Lipinski definition) is 2. The van der Waals surface area contributed by atoms with Gasteiger partial charge in [0.2, 0.25) is 0 Å². The van der Waals surface area contributed by atoms with Crippen molar-refractivity contribution < 1.29 is 9.47 Å². The Kier molecular flexibility index (Phi) is 8.35. The van der Waals surface area contributed by atoms with Gasteiger partial charge in [-0.05, 0) is 44.9 Å². The van der Waals surface area contributed by atoms with E-state index in [1.54, 1.807) is 0 Å². The molecule has 1 aliphatic heterocycles. The maximum atomic E-state index is 5.63. The number of nitrogens with zero attached hydrogens (tertiary/aromatic N) is 1. The van der Waals surface area contributed by atoms with Crippen molar-refractivity contribution >= 4 is 5.96 Å². The van der Waals surface area contributed by atoms with Gasteiger partial charge in [-0.15, -0.1) is 0 Å². The van der Waals surface area contributed by atoms with Crippen LogP contribution < -0.4 is 10.6 Å². The molecule has 0 unspecified atom stereocenters. The van der Waals surface area contributed by atoms with Crippen LogP contribution in [0.3, 0.4) is 0 Å². The molecule has 2 rings (SSSR count). The molecule has 0 aromatic rings. The van der Waals surface area contributed by atoms with Gasteiger partial charge in [-0.3, -0.25) is 4.99 Å². The lowest BCUT2D eigenvalue weighted by Crippen LogP contribution is -2.38. The quantitative estimate of drug-likeness (QED) is 0.281. The first-order valence-corrected chi connectivity index (χ1v) is 8.74. The zero-order valence-electron chi connectivity index (χ0n) is 13.9. The van der Waals surface area contributed by atoms with Crippen LogP contribution in [-0.4, -0.2) is 52.0 Å². The minimum absolute atomic E-state index is 0.768. The number of guanidine groups is 1. The molecule has 0 bridgehead atoms. The molecule has 1 fully saturated rings. The highest BCUT2D eigenvalue weighted by Crippen LogP contribution is 2.28. The van der Waals surface area contributed by atoms with E-state index in [4.69, 9.17) is 9.47 Å². The SMILES string of the molecule is CCNC(=NCCCOCC1CC1)NCCC1=CCOCC1. The van der Waals surface area contributed by atoms with Gasteiger partial charge in [0.05, 0.1) is 13.2 Å². The highest BCUT2D eigenvalue weighted by molar-refractivity contribution is 5.79. The van der Waals surface area contributed by atoms with Crippen molar-refractivity contribution in [1.82, 2.24) is 10.6 Å². The molecule has 5 heteroatoms. The average Bonchev–Trinajstić information content (AvgIpc) is 3.36. The normalized spacial score (nSPS) is 19.0. The fourth-order valence-electron chi connectivity index (χ4n) is 2.37. The van der Waals surface area contributed by atoms with Gasteiger partial charge in [-0.25, -0.2) is 0 Å². The van der Waals surface area contributed by atoms with Crippen molar-refractivity contribution in [1.29, 1.82) is 0 Å². The highest BCUT2D eigenvalue weighted by Gasteiger charge is 2.20. The van der Waals surface area contributed by atoms with Crippen LogP contribution in [0.25, 0.3) is 0 Å². The Balaban J connectivity index is 1.55. The third kappa shape index (κ3) is 7.80. The summed E-state index contributed by atoms with van der Waals surface area (Å²) in [6.07, 6.45) is 8.04. The van der Waals surface area contributed by atoms with Gasteiger partial charge < -0.3 is 20.1 Å². The second-order valence-electron chi connectivity index (χ2n) is 6.00. The maximum absolute atomic E-state index is 5.63. The first kappa shape index (κ1) is 17.3. The molecule has 0 spiro atoms. The Morgan fingerprint density at radius 2 is 2.32 bits per heavy atom. The van der Waals surface area contributed by atoms with Gasteiger partial charge >= 0.3 is 0 Å². The molecule has 2 aliphatic rings. The third-order valence-corrected chi connectivity index (χ3v) is 3.91. The van der Waals surface area contributed by atoms with Crippen LogP contribution in [0.5, 0.6) is 0 Å². The van der Waals surface area contributed by atoms with E-state index in [1.165, 1.54) is 18.4 Å². The molecule has 0 amide bonds. The summed E-state index contributed by atoms with van der Waals surface area (Å²) in [4.78, 5) is 4.60. The summed E-state index contributed by atoms with van der Waals surface area (Å²) in [7, 11) is 0. The largest absolute Gasteiger partial charge is 0.381 e. The van der Waals surface area contributed by atoms with Crippen molar-refractivity contribution in [3.8, 4) is 0 Å². The molecule has 22 heavy (non-hydrogen) atoms. The van der Waals surface area contributed by atoms with E-state index in [9.17, 15) is 0 Å². The molecular weight excluding hydrogens is 278 g/mol. The van der Waals surface area contributed by atoms with Crippen LogP contribution in [0.1, 0.15) is 39.0 Å². The molecule has 0 saturated heterocycles. The molecule has 0 aromatic carbocycles. The van der Waals surface area contributed by atoms with Crippen LogP contribution in [-0.2, 0) is 9.47 Å². The van der Waals surface area contributed by atoms with Crippen LogP contribution in [0.2, 0.25) is 0 Å². The highest BCUT2D eigenvalue weighted by atomic mass is 16.5. The first-order chi connectivity index (χ1) is 10.9. The lowest BCUT2D eigenvalue weighted by atomic mass is 10.1. The number of hydrogen-bond acceptors (Lipinski definition) is 3. The van der Waals surface area contributed by atoms with Gasteiger partial charge in [0.25, 0.3) is 0 Å². The molecule has 126 valence electrons. The molecule has 1 saturated carbocycles. The van der Waals surface area contributed by atoms with Gasteiger partial charge in [0.15, 0.2) is 5.96 Å². The van der Waals surface area contributed by atoms with E-state index in [-0.39, 0.29) is 0 Å². The molecule has 1 heterocycles. The Labute approximate surface area is 134 Å². The van der Waals surface area contributed by atoms with E-state index in [0.717, 1.165) is 77.2 Å². The van der Waals surface area contributed by atoms with E-state index in [0.29, 0.717) is 0 Å². The summed E-state index contributed by atoms with van der Waals surface area (Å²) in [6.45, 7) is 8.13. The Hall–Kier alpha value is -1.07. The van der Waals surface area contributed by atoms with Crippen LogP contribution >= 0.6 is 0 Å². The minimum Gasteiger partial charge on any atom is -0.381 e. The molecular formula is C17H31N3O2. The minimum atomic E-state index is 0.768. The van der Waals surface area contributed by atoms with E-state index in [2.05, 4.69) is 28.6 Å². The zero-order valence-corrected chi connectivity index (χ0v) is 13.9. The number of ether oxygens (including phenoxy) is 2. The Bertz CT molecular complexity index is 365. The van der Waals surface area contributed by atoms with E-state index < -0.39 is 0 Å². The average molecular weight is 309 g/mol. The van der Waals surface area contributed by atoms with Gasteiger partial charge in [-0.1, -0.05) is 11.6 Å². The summed E-state index contributed by atoms with van der Waals surface area (Å²) in [6, 6.07) is 0. The lowest BCUT2D eigenvalue weighted by Gasteiger charge is -2.15. The topological polar surface area (TPSA) is 54.9 Å². The Morgan fingerprint density at radius 1 is 1.41 bits per heavy atom. The zero-order chi connectivity index (χ0) is 15.5. The molecule has 0 atom stereocenters. The van der Waals surface area contributed by atoms with Crippen molar-refractivity contribution in [2.45, 2.75) is 39.0 Å². The summed E-state index contributed by atoms with van der Waals surface area (Å²) >= 11 is 0. The predicted molar refractivity (Wildman–Crippen MR) is 90.3 cm³/mol. The second-order valence-corrected chi connectivity index (χ2v) is 6.00. The fraction of sp³-hybridized carbons (Fsp3) is 0.824. The molecule has 0 aromatic heterocycles. The van der Waals surface area contributed by atoms with Crippen LogP contribution in [0.4, 0.5) is 0 Å². The predicted octanol–water partition coefficient (Wildman–Crippen LogP) is 2.09. The summed E-state index contributed by atoms with van der Waals surface area (Å²) < 4.78 is 11.0.